The zero-order valence-corrected chi connectivity index (χ0v) is 15.8. The van der Waals surface area contributed by atoms with E-state index in [1.807, 2.05) is 0 Å². The van der Waals surface area contributed by atoms with E-state index in [0.717, 1.165) is 64.2 Å². The van der Waals surface area contributed by atoms with Gasteiger partial charge in [0.2, 0.25) is 0 Å². The van der Waals surface area contributed by atoms with E-state index in [1.165, 1.54) is 0 Å². The Balaban J connectivity index is 1.43. The lowest BCUT2D eigenvalue weighted by Crippen LogP contribution is -2.14. The summed E-state index contributed by atoms with van der Waals surface area (Å²) in [7, 11) is 0. The third kappa shape index (κ3) is 5.39. The summed E-state index contributed by atoms with van der Waals surface area (Å²) in [5, 5.41) is 0. The molecule has 0 radical (unpaired) electrons. The first-order valence-electron chi connectivity index (χ1n) is 9.93. The van der Waals surface area contributed by atoms with Crippen LogP contribution in [0.2, 0.25) is 0 Å². The summed E-state index contributed by atoms with van der Waals surface area (Å²) in [5.41, 5.74) is 0. The lowest BCUT2D eigenvalue weighted by Gasteiger charge is -2.09. The minimum absolute atomic E-state index is 0.251. The van der Waals surface area contributed by atoms with Gasteiger partial charge in [0.25, 0.3) is 0 Å². The maximum Gasteiger partial charge on any atom is 0.317 e. The highest BCUT2D eigenvalue weighted by Gasteiger charge is 2.41. The molecule has 2 heterocycles. The van der Waals surface area contributed by atoms with E-state index in [2.05, 4.69) is 9.47 Å². The van der Waals surface area contributed by atoms with Gasteiger partial charge in [0.1, 0.15) is 0 Å². The molecule has 0 bridgehead atoms. The molecule has 0 aromatic carbocycles. The topological polar surface area (TPSA) is 86.7 Å². The van der Waals surface area contributed by atoms with Crippen LogP contribution >= 0.6 is 0 Å². The van der Waals surface area contributed by atoms with Crippen molar-refractivity contribution in [3.05, 3.63) is 0 Å². The summed E-state index contributed by atoms with van der Waals surface area (Å²) in [6.45, 7) is 3.53. The Hall–Kier alpha value is -1.72. The van der Waals surface area contributed by atoms with Crippen molar-refractivity contribution in [3.63, 3.8) is 0 Å². The third-order valence-corrected chi connectivity index (χ3v) is 5.74. The van der Waals surface area contributed by atoms with Crippen LogP contribution < -0.4 is 0 Å². The van der Waals surface area contributed by atoms with Crippen molar-refractivity contribution in [1.29, 1.82) is 0 Å². The van der Waals surface area contributed by atoms with Gasteiger partial charge in [0.15, 0.2) is 0 Å². The second-order valence-corrected chi connectivity index (χ2v) is 7.68. The van der Waals surface area contributed by atoms with Crippen molar-refractivity contribution in [1.82, 2.24) is 0 Å². The van der Waals surface area contributed by atoms with Crippen LogP contribution in [0.3, 0.4) is 0 Å². The van der Waals surface area contributed by atoms with E-state index in [0.29, 0.717) is 0 Å². The Bertz CT molecular complexity index is 492. The van der Waals surface area contributed by atoms with Crippen LogP contribution in [0, 0.1) is 23.7 Å². The van der Waals surface area contributed by atoms with Gasteiger partial charge in [-0.25, -0.2) is 0 Å². The maximum absolute atomic E-state index is 11.5. The molecule has 0 aromatic heterocycles. The summed E-state index contributed by atoms with van der Waals surface area (Å²) >= 11 is 0. The molecule has 0 spiro atoms. The minimum Gasteiger partial charge on any atom is -0.393 e. The van der Waals surface area contributed by atoms with Gasteiger partial charge < -0.3 is 9.47 Å². The highest BCUT2D eigenvalue weighted by atomic mass is 16.6. The predicted molar refractivity (Wildman–Crippen MR) is 93.7 cm³/mol. The van der Waals surface area contributed by atoms with Gasteiger partial charge in [0, 0.05) is 0 Å². The van der Waals surface area contributed by atoms with Gasteiger partial charge in [-0.1, -0.05) is 65.2 Å². The molecular formula is C20H30O6. The molecule has 0 aliphatic carbocycles. The molecule has 0 N–H and O–H groups in total. The van der Waals surface area contributed by atoms with E-state index in [1.54, 1.807) is 13.8 Å². The third-order valence-electron chi connectivity index (χ3n) is 5.74. The zero-order chi connectivity index (χ0) is 19.1. The smallest absolute Gasteiger partial charge is 0.317 e. The molecule has 2 aliphatic rings. The van der Waals surface area contributed by atoms with E-state index in [-0.39, 0.29) is 47.5 Å². The number of hydrogen-bond donors (Lipinski definition) is 0. The van der Waals surface area contributed by atoms with Gasteiger partial charge in [0.05, 0.1) is 23.7 Å². The zero-order valence-electron chi connectivity index (χ0n) is 15.8. The van der Waals surface area contributed by atoms with Crippen molar-refractivity contribution in [2.45, 2.75) is 78.1 Å². The molecule has 2 rings (SSSR count). The first-order chi connectivity index (χ1) is 12.4. The highest BCUT2D eigenvalue weighted by molar-refractivity contribution is 5.96. The van der Waals surface area contributed by atoms with Crippen LogP contribution in [0.5, 0.6) is 0 Å². The van der Waals surface area contributed by atoms with E-state index < -0.39 is 0 Å². The number of cyclic esters (lactones) is 4. The molecule has 146 valence electrons. The average molecular weight is 366 g/mol. The van der Waals surface area contributed by atoms with Gasteiger partial charge in [-0.3, -0.25) is 19.2 Å². The van der Waals surface area contributed by atoms with Gasteiger partial charge >= 0.3 is 23.9 Å². The quantitative estimate of drug-likeness (QED) is 0.316. The molecule has 4 unspecified atom stereocenters. The summed E-state index contributed by atoms with van der Waals surface area (Å²) in [6, 6.07) is 0. The Morgan fingerprint density at radius 2 is 0.846 bits per heavy atom. The highest BCUT2D eigenvalue weighted by Crippen LogP contribution is 2.29. The minimum atomic E-state index is -0.385. The Kier molecular flexibility index (Phi) is 7.79. The molecule has 6 nitrogen and oxygen atoms in total. The second-order valence-electron chi connectivity index (χ2n) is 7.68. The van der Waals surface area contributed by atoms with Crippen molar-refractivity contribution in [2.75, 3.05) is 0 Å². The lowest BCUT2D eigenvalue weighted by molar-refractivity contribution is -0.155. The number of unbranched alkanes of at least 4 members (excludes halogenated alkanes) is 7. The molecular weight excluding hydrogens is 336 g/mol. The molecule has 0 saturated carbocycles. The van der Waals surface area contributed by atoms with E-state index in [9.17, 15) is 19.2 Å². The normalized spacial score (nSPS) is 28.5. The Morgan fingerprint density at radius 1 is 0.538 bits per heavy atom. The Morgan fingerprint density at radius 3 is 1.12 bits per heavy atom. The summed E-state index contributed by atoms with van der Waals surface area (Å²) < 4.78 is 9.30. The van der Waals surface area contributed by atoms with Gasteiger partial charge in [-0.05, 0) is 12.8 Å². The maximum atomic E-state index is 11.5. The van der Waals surface area contributed by atoms with Crippen LogP contribution in [0.1, 0.15) is 78.1 Å². The van der Waals surface area contributed by atoms with Crippen molar-refractivity contribution < 1.29 is 28.7 Å². The first kappa shape index (κ1) is 20.6. The molecule has 2 aliphatic heterocycles. The van der Waals surface area contributed by atoms with Gasteiger partial charge in [-0.15, -0.1) is 0 Å². The number of carbonyl (C=O) groups is 4. The molecule has 0 aromatic rings. The van der Waals surface area contributed by atoms with Crippen LogP contribution in [0.4, 0.5) is 0 Å². The van der Waals surface area contributed by atoms with Crippen LogP contribution in [-0.2, 0) is 28.7 Å². The van der Waals surface area contributed by atoms with Crippen molar-refractivity contribution in [2.24, 2.45) is 23.7 Å². The second kappa shape index (κ2) is 9.83. The summed E-state index contributed by atoms with van der Waals surface area (Å²) in [4.78, 5) is 45.7. The van der Waals surface area contributed by atoms with E-state index >= 15 is 0 Å². The SMILES string of the molecule is CC1C(=O)OC(=O)C1CCCCCCCCCCC1C(=O)OC(=O)C1C. The number of rotatable bonds is 11. The van der Waals surface area contributed by atoms with Crippen molar-refractivity contribution in [3.8, 4) is 0 Å². The number of esters is 4. The van der Waals surface area contributed by atoms with E-state index in [4.69, 9.17) is 0 Å². The molecule has 0 amide bonds. The molecule has 6 heteroatoms. The fourth-order valence-corrected chi connectivity index (χ4v) is 3.80. The number of hydrogen-bond acceptors (Lipinski definition) is 6. The Labute approximate surface area is 155 Å². The number of ether oxygens (including phenoxy) is 2. The standard InChI is InChI=1S/C20H30O6/c1-13-15(19(23)25-17(13)21)11-9-7-5-3-4-6-8-10-12-16-14(2)18(22)26-20(16)24/h13-16H,3-12H2,1-2H3. The summed E-state index contributed by atoms with van der Waals surface area (Å²) in [6.07, 6.45) is 10.1. The fraction of sp³-hybridized carbons (Fsp3) is 0.800. The van der Waals surface area contributed by atoms with Crippen LogP contribution in [0.25, 0.3) is 0 Å². The van der Waals surface area contributed by atoms with Crippen LogP contribution in [0.15, 0.2) is 0 Å². The van der Waals surface area contributed by atoms with Gasteiger partial charge in [-0.2, -0.15) is 0 Å². The monoisotopic (exact) mass is 366 g/mol. The fourth-order valence-electron chi connectivity index (χ4n) is 3.80. The number of carbonyl (C=O) groups excluding carboxylic acids is 4. The summed E-state index contributed by atoms with van der Waals surface area (Å²) in [5.74, 6) is -2.57. The molecule has 2 fully saturated rings. The van der Waals surface area contributed by atoms with Crippen LogP contribution in [-0.4, -0.2) is 23.9 Å². The predicted octanol–water partition coefficient (Wildman–Crippen LogP) is 3.56. The first-order valence-corrected chi connectivity index (χ1v) is 9.93. The average Bonchev–Trinajstić information content (AvgIpc) is 2.98. The lowest BCUT2D eigenvalue weighted by atomic mass is 9.90. The molecule has 4 atom stereocenters. The largest absolute Gasteiger partial charge is 0.393 e. The molecule has 2 saturated heterocycles. The van der Waals surface area contributed by atoms with Crippen molar-refractivity contribution >= 4 is 23.9 Å². The molecule has 26 heavy (non-hydrogen) atoms.